The van der Waals surface area contributed by atoms with E-state index in [1.165, 1.54) is 71.9 Å². The Morgan fingerprint density at radius 1 is 0.628 bits per heavy atom. The standard InChI is InChI=1S/C40H43N3/c1-25-20-27(3)29(5)36(21-25)39-35-15-14-33-30(6)41-28(4)22-37(33)34(35)17-19-43(39)24-42-18-16-31(40(7,8)9)23-38(42)32-13-11-10-12-26(32)2/h10-23H,24H2,1-9H3/q+2. The first kappa shape index (κ1) is 28.7. The van der Waals surface area contributed by atoms with Crippen molar-refractivity contribution >= 4 is 21.5 Å². The van der Waals surface area contributed by atoms with Gasteiger partial charge in [0.1, 0.15) is 0 Å². The molecular formula is C40H43N3+2. The third kappa shape index (κ3) is 5.22. The van der Waals surface area contributed by atoms with E-state index in [9.17, 15) is 0 Å². The molecule has 6 aromatic rings. The zero-order chi connectivity index (χ0) is 30.6. The number of hydrogen-bond donors (Lipinski definition) is 0. The highest BCUT2D eigenvalue weighted by Gasteiger charge is 2.28. The lowest BCUT2D eigenvalue weighted by Gasteiger charge is -2.19. The summed E-state index contributed by atoms with van der Waals surface area (Å²) in [5.41, 5.74) is 13.8. The first-order chi connectivity index (χ1) is 20.4. The van der Waals surface area contributed by atoms with Gasteiger partial charge in [-0.05, 0) is 98.9 Å². The minimum Gasteiger partial charge on any atom is -0.258 e. The number of hydrogen-bond acceptors (Lipinski definition) is 1. The van der Waals surface area contributed by atoms with Crippen molar-refractivity contribution < 1.29 is 9.13 Å². The summed E-state index contributed by atoms with van der Waals surface area (Å²) in [6, 6.07) is 27.2. The molecule has 3 nitrogen and oxygen atoms in total. The molecule has 0 fully saturated rings. The molecule has 0 saturated carbocycles. The lowest BCUT2D eigenvalue weighted by atomic mass is 9.86. The quantitative estimate of drug-likeness (QED) is 0.154. The van der Waals surface area contributed by atoms with Gasteiger partial charge in [0.05, 0.1) is 10.9 Å². The van der Waals surface area contributed by atoms with Gasteiger partial charge in [-0.2, -0.15) is 0 Å². The topological polar surface area (TPSA) is 20.6 Å². The summed E-state index contributed by atoms with van der Waals surface area (Å²) in [5.74, 6) is 0. The minimum absolute atomic E-state index is 0.0557. The molecule has 0 aliphatic carbocycles. The Labute approximate surface area is 256 Å². The lowest BCUT2D eigenvalue weighted by molar-refractivity contribution is -0.903. The van der Waals surface area contributed by atoms with Gasteiger partial charge in [0.2, 0.25) is 11.4 Å². The molecular weight excluding hydrogens is 522 g/mol. The molecule has 0 bridgehead atoms. The second-order valence-electron chi connectivity index (χ2n) is 13.3. The van der Waals surface area contributed by atoms with Crippen molar-refractivity contribution in [3.8, 4) is 22.5 Å². The van der Waals surface area contributed by atoms with E-state index in [2.05, 4.69) is 157 Å². The Balaban J connectivity index is 1.66. The zero-order valence-corrected chi connectivity index (χ0v) is 27.1. The first-order valence-electron chi connectivity index (χ1n) is 15.3. The maximum atomic E-state index is 4.76. The number of aromatic nitrogens is 3. The highest BCUT2D eigenvalue weighted by molar-refractivity contribution is 6.11. The van der Waals surface area contributed by atoms with E-state index in [1.54, 1.807) is 0 Å². The Morgan fingerprint density at radius 3 is 2.09 bits per heavy atom. The van der Waals surface area contributed by atoms with Gasteiger partial charge in [-0.1, -0.05) is 56.7 Å². The second kappa shape index (κ2) is 10.7. The molecule has 3 aromatic heterocycles. The highest BCUT2D eigenvalue weighted by Crippen LogP contribution is 2.35. The predicted molar refractivity (Wildman–Crippen MR) is 179 cm³/mol. The molecule has 0 aliphatic rings. The molecule has 3 heterocycles. The number of nitrogens with zero attached hydrogens (tertiary/aromatic N) is 3. The maximum Gasteiger partial charge on any atom is 0.344 e. The Hall–Kier alpha value is -4.37. The molecule has 0 saturated heterocycles. The average molecular weight is 566 g/mol. The van der Waals surface area contributed by atoms with E-state index < -0.39 is 0 Å². The van der Waals surface area contributed by atoms with Gasteiger partial charge in [0, 0.05) is 45.9 Å². The molecule has 216 valence electrons. The van der Waals surface area contributed by atoms with Crippen molar-refractivity contribution in [1.82, 2.24) is 4.98 Å². The number of rotatable bonds is 4. The van der Waals surface area contributed by atoms with Gasteiger partial charge in [-0.15, -0.1) is 9.13 Å². The molecule has 6 rings (SSSR count). The summed E-state index contributed by atoms with van der Waals surface area (Å²) in [7, 11) is 0. The predicted octanol–water partition coefficient (Wildman–Crippen LogP) is 8.95. The van der Waals surface area contributed by atoms with Crippen molar-refractivity contribution in [2.24, 2.45) is 0 Å². The van der Waals surface area contributed by atoms with Crippen LogP contribution in [0.15, 0.2) is 85.2 Å². The Morgan fingerprint density at radius 2 is 1.35 bits per heavy atom. The van der Waals surface area contributed by atoms with Crippen molar-refractivity contribution in [2.45, 2.75) is 74.4 Å². The second-order valence-corrected chi connectivity index (χ2v) is 13.3. The summed E-state index contributed by atoms with van der Waals surface area (Å²) < 4.78 is 4.85. The summed E-state index contributed by atoms with van der Waals surface area (Å²) in [5, 5.41) is 5.01. The maximum absolute atomic E-state index is 4.76. The van der Waals surface area contributed by atoms with E-state index >= 15 is 0 Å². The van der Waals surface area contributed by atoms with Gasteiger partial charge in [0.15, 0.2) is 12.4 Å². The van der Waals surface area contributed by atoms with Crippen LogP contribution in [-0.4, -0.2) is 4.98 Å². The first-order valence-corrected chi connectivity index (χ1v) is 15.3. The molecule has 0 radical (unpaired) electrons. The van der Waals surface area contributed by atoms with Crippen LogP contribution >= 0.6 is 0 Å². The molecule has 43 heavy (non-hydrogen) atoms. The fourth-order valence-electron chi connectivity index (χ4n) is 6.53. The molecule has 0 amide bonds. The van der Waals surface area contributed by atoms with Crippen LogP contribution in [0.1, 0.15) is 60.0 Å². The third-order valence-corrected chi connectivity index (χ3v) is 9.03. The van der Waals surface area contributed by atoms with Crippen LogP contribution in [0.5, 0.6) is 0 Å². The molecule has 0 spiro atoms. The van der Waals surface area contributed by atoms with Crippen LogP contribution in [0, 0.1) is 41.5 Å². The highest BCUT2D eigenvalue weighted by atomic mass is 15.2. The SMILES string of the molecule is Cc1cc(C)c(C)c(-c2c3ccc4c(C)nc(C)cc4c3cc[n+]2C[n+]2ccc(C(C)(C)C)cc2-c2ccccc2C)c1. The monoisotopic (exact) mass is 565 g/mol. The zero-order valence-electron chi connectivity index (χ0n) is 27.1. The molecule has 0 N–H and O–H groups in total. The van der Waals surface area contributed by atoms with Crippen LogP contribution in [0.2, 0.25) is 0 Å². The lowest BCUT2D eigenvalue weighted by Crippen LogP contribution is -2.53. The van der Waals surface area contributed by atoms with Crippen LogP contribution in [0.3, 0.4) is 0 Å². The van der Waals surface area contributed by atoms with Gasteiger partial charge in [0.25, 0.3) is 0 Å². The molecule has 0 atom stereocenters. The number of pyridine rings is 3. The van der Waals surface area contributed by atoms with Crippen LogP contribution in [0.25, 0.3) is 44.1 Å². The number of aryl methyl sites for hydroxylation is 5. The summed E-state index contributed by atoms with van der Waals surface area (Å²) in [6.07, 6.45) is 4.56. The normalized spacial score (nSPS) is 11.9. The van der Waals surface area contributed by atoms with E-state index in [0.29, 0.717) is 6.67 Å². The van der Waals surface area contributed by atoms with Crippen molar-refractivity contribution in [3.05, 3.63) is 124 Å². The van der Waals surface area contributed by atoms with E-state index in [4.69, 9.17) is 4.98 Å². The van der Waals surface area contributed by atoms with Gasteiger partial charge < -0.3 is 0 Å². The minimum atomic E-state index is 0.0557. The van der Waals surface area contributed by atoms with E-state index in [-0.39, 0.29) is 5.41 Å². The van der Waals surface area contributed by atoms with Crippen LogP contribution in [-0.2, 0) is 12.1 Å². The Kier molecular flexibility index (Phi) is 7.16. The molecule has 3 aromatic carbocycles. The van der Waals surface area contributed by atoms with Crippen molar-refractivity contribution in [1.29, 1.82) is 0 Å². The average Bonchev–Trinajstić information content (AvgIpc) is 2.94. The fourth-order valence-corrected chi connectivity index (χ4v) is 6.53. The van der Waals surface area contributed by atoms with E-state index in [1.807, 2.05) is 0 Å². The number of benzene rings is 3. The fraction of sp³-hybridized carbons (Fsp3) is 0.275. The van der Waals surface area contributed by atoms with Crippen molar-refractivity contribution in [2.75, 3.05) is 0 Å². The summed E-state index contributed by atoms with van der Waals surface area (Å²) in [6.45, 7) is 20.7. The summed E-state index contributed by atoms with van der Waals surface area (Å²) in [4.78, 5) is 4.76. The van der Waals surface area contributed by atoms with Crippen LogP contribution < -0.4 is 9.13 Å². The van der Waals surface area contributed by atoms with Crippen molar-refractivity contribution in [3.63, 3.8) is 0 Å². The van der Waals surface area contributed by atoms with E-state index in [0.717, 1.165) is 11.4 Å². The smallest absolute Gasteiger partial charge is 0.258 e. The largest absolute Gasteiger partial charge is 0.344 e. The van der Waals surface area contributed by atoms with Gasteiger partial charge in [-0.3, -0.25) is 4.98 Å². The van der Waals surface area contributed by atoms with Crippen LogP contribution in [0.4, 0.5) is 0 Å². The Bertz CT molecular complexity index is 2040. The third-order valence-electron chi connectivity index (χ3n) is 9.03. The van der Waals surface area contributed by atoms with Gasteiger partial charge in [-0.25, -0.2) is 0 Å². The summed E-state index contributed by atoms with van der Waals surface area (Å²) >= 11 is 0. The number of fused-ring (bicyclic) bond motifs is 3. The molecule has 3 heteroatoms. The molecule has 0 unspecified atom stereocenters. The molecule has 0 aliphatic heterocycles. The van der Waals surface area contributed by atoms with Gasteiger partial charge >= 0.3 is 6.67 Å².